The van der Waals surface area contributed by atoms with Gasteiger partial charge in [-0.15, -0.1) is 0 Å². The summed E-state index contributed by atoms with van der Waals surface area (Å²) in [5, 5.41) is 8.80. The van der Waals surface area contributed by atoms with Crippen LogP contribution in [0.25, 0.3) is 11.2 Å². The normalized spacial score (nSPS) is 11.3. The van der Waals surface area contributed by atoms with Crippen LogP contribution in [0, 0.1) is 0 Å². The summed E-state index contributed by atoms with van der Waals surface area (Å²) in [5.41, 5.74) is 1.64. The molecule has 0 saturated heterocycles. The summed E-state index contributed by atoms with van der Waals surface area (Å²) in [6.45, 7) is 1.62. The van der Waals surface area contributed by atoms with Gasteiger partial charge in [0.15, 0.2) is 5.65 Å². The summed E-state index contributed by atoms with van der Waals surface area (Å²) in [7, 11) is 4.01. The SMILES string of the molecule is CN(C)CCn1c(CCC(=O)O)nc2cccnc21. The number of pyridine rings is 1. The van der Waals surface area contributed by atoms with E-state index in [1.165, 1.54) is 0 Å². The van der Waals surface area contributed by atoms with Gasteiger partial charge in [-0.25, -0.2) is 9.97 Å². The highest BCUT2D eigenvalue weighted by Gasteiger charge is 2.12. The molecule has 0 atom stereocenters. The smallest absolute Gasteiger partial charge is 0.303 e. The fourth-order valence-corrected chi connectivity index (χ4v) is 1.95. The van der Waals surface area contributed by atoms with Crippen molar-refractivity contribution in [2.24, 2.45) is 0 Å². The lowest BCUT2D eigenvalue weighted by Gasteiger charge is -2.12. The number of aryl methyl sites for hydroxylation is 1. The summed E-state index contributed by atoms with van der Waals surface area (Å²) >= 11 is 0. The van der Waals surface area contributed by atoms with Crippen LogP contribution >= 0.6 is 0 Å². The van der Waals surface area contributed by atoms with Crippen molar-refractivity contribution in [2.75, 3.05) is 20.6 Å². The minimum atomic E-state index is -0.806. The molecule has 0 amide bonds. The molecule has 0 aliphatic rings. The van der Waals surface area contributed by atoms with Crippen molar-refractivity contribution in [1.29, 1.82) is 0 Å². The summed E-state index contributed by atoms with van der Waals surface area (Å²) in [4.78, 5) is 21.6. The number of carboxylic acids is 1. The van der Waals surface area contributed by atoms with Crippen LogP contribution < -0.4 is 0 Å². The van der Waals surface area contributed by atoms with E-state index in [9.17, 15) is 4.79 Å². The Morgan fingerprint density at radius 1 is 1.47 bits per heavy atom. The zero-order valence-corrected chi connectivity index (χ0v) is 11.2. The second-order valence-electron chi connectivity index (χ2n) is 4.72. The first-order chi connectivity index (χ1) is 9.08. The van der Waals surface area contributed by atoms with Crippen LogP contribution in [-0.2, 0) is 17.8 Å². The standard InChI is InChI=1S/C13H18N4O2/c1-16(2)8-9-17-11(5-6-12(18)19)15-10-4-3-7-14-13(10)17/h3-4,7H,5-6,8-9H2,1-2H3,(H,18,19). The molecule has 0 fully saturated rings. The van der Waals surface area contributed by atoms with E-state index in [2.05, 4.69) is 14.9 Å². The van der Waals surface area contributed by atoms with Crippen molar-refractivity contribution in [3.63, 3.8) is 0 Å². The molecule has 6 nitrogen and oxygen atoms in total. The second kappa shape index (κ2) is 5.79. The Balaban J connectivity index is 2.31. The maximum absolute atomic E-state index is 10.7. The second-order valence-corrected chi connectivity index (χ2v) is 4.72. The van der Waals surface area contributed by atoms with Crippen LogP contribution in [0.15, 0.2) is 18.3 Å². The third-order valence-electron chi connectivity index (χ3n) is 2.92. The molecule has 0 bridgehead atoms. The molecule has 2 aromatic rings. The number of carboxylic acid groups (broad SMARTS) is 1. The van der Waals surface area contributed by atoms with Gasteiger partial charge in [-0.1, -0.05) is 0 Å². The number of aliphatic carboxylic acids is 1. The molecule has 0 aliphatic carbocycles. The van der Waals surface area contributed by atoms with Gasteiger partial charge in [0.05, 0.1) is 6.42 Å². The minimum Gasteiger partial charge on any atom is -0.481 e. The number of aromatic nitrogens is 3. The number of fused-ring (bicyclic) bond motifs is 1. The molecule has 0 radical (unpaired) electrons. The van der Waals surface area contributed by atoms with Crippen molar-refractivity contribution in [3.05, 3.63) is 24.2 Å². The Bertz CT molecular complexity index is 577. The molecule has 1 N–H and O–H groups in total. The third-order valence-corrected chi connectivity index (χ3v) is 2.92. The Morgan fingerprint density at radius 3 is 2.95 bits per heavy atom. The number of hydrogen-bond acceptors (Lipinski definition) is 4. The van der Waals surface area contributed by atoms with Gasteiger partial charge in [0.1, 0.15) is 11.3 Å². The molecule has 102 valence electrons. The molecule has 2 rings (SSSR count). The topological polar surface area (TPSA) is 71.2 Å². The number of likely N-dealkylation sites (N-methyl/N-ethyl adjacent to an activating group) is 1. The predicted molar refractivity (Wildman–Crippen MR) is 72.0 cm³/mol. The van der Waals surface area contributed by atoms with E-state index in [-0.39, 0.29) is 6.42 Å². The monoisotopic (exact) mass is 262 g/mol. The molecule has 0 aliphatic heterocycles. The van der Waals surface area contributed by atoms with E-state index in [0.29, 0.717) is 6.42 Å². The van der Waals surface area contributed by atoms with Gasteiger partial charge in [-0.05, 0) is 26.2 Å². The van der Waals surface area contributed by atoms with E-state index in [4.69, 9.17) is 5.11 Å². The molecular weight excluding hydrogens is 244 g/mol. The summed E-state index contributed by atoms with van der Waals surface area (Å²) in [6.07, 6.45) is 2.25. The van der Waals surface area contributed by atoms with E-state index in [1.54, 1.807) is 6.20 Å². The highest BCUT2D eigenvalue weighted by atomic mass is 16.4. The first-order valence-corrected chi connectivity index (χ1v) is 6.24. The summed E-state index contributed by atoms with van der Waals surface area (Å²) < 4.78 is 2.01. The number of imidazole rings is 1. The fourth-order valence-electron chi connectivity index (χ4n) is 1.95. The van der Waals surface area contributed by atoms with Crippen LogP contribution in [0.4, 0.5) is 0 Å². The van der Waals surface area contributed by atoms with Crippen LogP contribution in [0.5, 0.6) is 0 Å². The number of rotatable bonds is 6. The van der Waals surface area contributed by atoms with Crippen molar-refractivity contribution in [2.45, 2.75) is 19.4 Å². The largest absolute Gasteiger partial charge is 0.481 e. The Kier molecular flexibility index (Phi) is 4.11. The van der Waals surface area contributed by atoms with Gasteiger partial charge in [-0.2, -0.15) is 0 Å². The quantitative estimate of drug-likeness (QED) is 0.841. The lowest BCUT2D eigenvalue weighted by atomic mass is 10.3. The molecule has 0 spiro atoms. The van der Waals surface area contributed by atoms with E-state index in [0.717, 1.165) is 30.1 Å². The first-order valence-electron chi connectivity index (χ1n) is 6.24. The van der Waals surface area contributed by atoms with Gasteiger partial charge < -0.3 is 14.6 Å². The number of hydrogen-bond donors (Lipinski definition) is 1. The van der Waals surface area contributed by atoms with E-state index < -0.39 is 5.97 Å². The Morgan fingerprint density at radius 2 is 2.26 bits per heavy atom. The van der Waals surface area contributed by atoms with Gasteiger partial charge in [-0.3, -0.25) is 4.79 Å². The van der Waals surface area contributed by atoms with Gasteiger partial charge in [0.2, 0.25) is 0 Å². The highest BCUT2D eigenvalue weighted by molar-refractivity contribution is 5.71. The van der Waals surface area contributed by atoms with E-state index >= 15 is 0 Å². The van der Waals surface area contributed by atoms with Crippen molar-refractivity contribution >= 4 is 17.1 Å². The van der Waals surface area contributed by atoms with Crippen LogP contribution in [0.1, 0.15) is 12.2 Å². The van der Waals surface area contributed by atoms with Crippen LogP contribution in [0.2, 0.25) is 0 Å². The molecular formula is C13H18N4O2. The van der Waals surface area contributed by atoms with E-state index in [1.807, 2.05) is 30.8 Å². The molecule has 6 heteroatoms. The Hall–Kier alpha value is -1.95. The van der Waals surface area contributed by atoms with Crippen molar-refractivity contribution < 1.29 is 9.90 Å². The highest BCUT2D eigenvalue weighted by Crippen LogP contribution is 2.14. The summed E-state index contributed by atoms with van der Waals surface area (Å²) in [5.74, 6) is -0.0166. The lowest BCUT2D eigenvalue weighted by molar-refractivity contribution is -0.137. The third kappa shape index (κ3) is 3.29. The fraction of sp³-hybridized carbons (Fsp3) is 0.462. The molecule has 19 heavy (non-hydrogen) atoms. The molecule has 0 aromatic carbocycles. The number of carbonyl (C=O) groups is 1. The van der Waals surface area contributed by atoms with Gasteiger partial charge in [0, 0.05) is 25.7 Å². The first kappa shape index (κ1) is 13.5. The van der Waals surface area contributed by atoms with Crippen molar-refractivity contribution in [1.82, 2.24) is 19.4 Å². The zero-order valence-electron chi connectivity index (χ0n) is 11.2. The van der Waals surface area contributed by atoms with Crippen molar-refractivity contribution in [3.8, 4) is 0 Å². The molecule has 0 saturated carbocycles. The summed E-state index contributed by atoms with van der Waals surface area (Å²) in [6, 6.07) is 3.74. The number of nitrogens with zero attached hydrogens (tertiary/aromatic N) is 4. The maximum Gasteiger partial charge on any atom is 0.303 e. The van der Waals surface area contributed by atoms with Crippen LogP contribution in [0.3, 0.4) is 0 Å². The molecule has 2 heterocycles. The predicted octanol–water partition coefficient (Wildman–Crippen LogP) is 1.01. The Labute approximate surface area is 111 Å². The maximum atomic E-state index is 10.7. The zero-order chi connectivity index (χ0) is 13.8. The lowest BCUT2D eigenvalue weighted by Crippen LogP contribution is -2.20. The molecule has 0 unspecified atom stereocenters. The average Bonchev–Trinajstić information content (AvgIpc) is 2.71. The van der Waals surface area contributed by atoms with Gasteiger partial charge in [0.25, 0.3) is 0 Å². The van der Waals surface area contributed by atoms with Gasteiger partial charge >= 0.3 is 5.97 Å². The average molecular weight is 262 g/mol. The van der Waals surface area contributed by atoms with Crippen LogP contribution in [-0.4, -0.2) is 51.2 Å². The minimum absolute atomic E-state index is 0.0886. The molecule has 2 aromatic heterocycles.